The van der Waals surface area contributed by atoms with Crippen LogP contribution in [0, 0.1) is 0 Å². The lowest BCUT2D eigenvalue weighted by Gasteiger charge is -2.13. The quantitative estimate of drug-likeness (QED) is 0.782. The highest BCUT2D eigenvalue weighted by atomic mass is 19.4. The van der Waals surface area contributed by atoms with E-state index < -0.39 is 11.7 Å². The summed E-state index contributed by atoms with van der Waals surface area (Å²) in [6.45, 7) is 2.86. The Morgan fingerprint density at radius 1 is 1.12 bits per heavy atom. The summed E-state index contributed by atoms with van der Waals surface area (Å²) in [5.41, 5.74) is 0.366. The number of ketones is 1. The summed E-state index contributed by atoms with van der Waals surface area (Å²) < 4.78 is 43.2. The van der Waals surface area contributed by atoms with E-state index in [9.17, 15) is 22.8 Å². The number of carbonyl (C=O) groups excluding carboxylic acids is 2. The van der Waals surface area contributed by atoms with Crippen LogP contribution in [-0.4, -0.2) is 18.3 Å². The van der Waals surface area contributed by atoms with Gasteiger partial charge in [0.05, 0.1) is 11.6 Å². The minimum atomic E-state index is -4.47. The van der Waals surface area contributed by atoms with Gasteiger partial charge in [0, 0.05) is 12.5 Å². The van der Waals surface area contributed by atoms with Gasteiger partial charge in [0.25, 0.3) is 0 Å². The fourth-order valence-electron chi connectivity index (χ4n) is 2.34. The summed E-state index contributed by atoms with van der Waals surface area (Å²) in [7, 11) is 0. The number of ether oxygens (including phenoxy) is 1. The Kier molecular flexibility index (Phi) is 6.02. The highest BCUT2D eigenvalue weighted by molar-refractivity contribution is 5.97. The lowest BCUT2D eigenvalue weighted by molar-refractivity contribution is -0.137. The van der Waals surface area contributed by atoms with Gasteiger partial charge in [-0.2, -0.15) is 13.2 Å². The molecule has 0 fully saturated rings. The van der Waals surface area contributed by atoms with Crippen molar-refractivity contribution in [2.45, 2.75) is 26.1 Å². The second-order valence-corrected chi connectivity index (χ2v) is 5.78. The van der Waals surface area contributed by atoms with Crippen LogP contribution >= 0.6 is 0 Å². The molecule has 2 rings (SSSR count). The molecule has 1 amide bonds. The third-order valence-electron chi connectivity index (χ3n) is 3.68. The summed E-state index contributed by atoms with van der Waals surface area (Å²) in [6, 6.07) is 10.8. The third-order valence-corrected chi connectivity index (χ3v) is 3.68. The molecule has 0 heterocycles. The first-order valence-corrected chi connectivity index (χ1v) is 7.87. The van der Waals surface area contributed by atoms with E-state index in [1.165, 1.54) is 19.1 Å². The van der Waals surface area contributed by atoms with E-state index in [4.69, 9.17) is 4.74 Å². The Morgan fingerprint density at radius 2 is 1.77 bits per heavy atom. The molecule has 7 heteroatoms. The molecule has 0 bridgehead atoms. The molecule has 2 aromatic carbocycles. The monoisotopic (exact) mass is 365 g/mol. The molecular formula is C19H18F3NO3. The van der Waals surface area contributed by atoms with Gasteiger partial charge >= 0.3 is 6.18 Å². The van der Waals surface area contributed by atoms with Crippen molar-refractivity contribution in [1.29, 1.82) is 0 Å². The van der Waals surface area contributed by atoms with Crippen LogP contribution < -0.4 is 10.1 Å². The maximum atomic E-state index is 12.7. The van der Waals surface area contributed by atoms with Crippen molar-refractivity contribution in [2.24, 2.45) is 0 Å². The van der Waals surface area contributed by atoms with Gasteiger partial charge in [-0.15, -0.1) is 0 Å². The van der Waals surface area contributed by atoms with Gasteiger partial charge in [0.1, 0.15) is 5.75 Å². The summed E-state index contributed by atoms with van der Waals surface area (Å²) in [5, 5.41) is 2.73. The largest absolute Gasteiger partial charge is 0.485 e. The van der Waals surface area contributed by atoms with E-state index in [0.29, 0.717) is 5.56 Å². The number of alkyl halides is 3. The maximum absolute atomic E-state index is 12.7. The highest BCUT2D eigenvalue weighted by Crippen LogP contribution is 2.31. The van der Waals surface area contributed by atoms with E-state index in [-0.39, 0.29) is 30.1 Å². The van der Waals surface area contributed by atoms with Crippen LogP contribution in [-0.2, 0) is 11.0 Å². The second kappa shape index (κ2) is 8.03. The molecule has 0 aliphatic carbocycles. The lowest BCUT2D eigenvalue weighted by atomic mass is 10.0. The van der Waals surface area contributed by atoms with E-state index in [2.05, 4.69) is 5.32 Å². The number of rotatable bonds is 6. The van der Waals surface area contributed by atoms with Crippen molar-refractivity contribution < 1.29 is 27.5 Å². The molecule has 0 aliphatic heterocycles. The number of benzene rings is 2. The van der Waals surface area contributed by atoms with Crippen molar-refractivity contribution in [1.82, 2.24) is 5.32 Å². The number of halogens is 3. The zero-order valence-corrected chi connectivity index (χ0v) is 14.3. The Hall–Kier alpha value is -2.83. The number of nitrogens with one attached hydrogen (secondary N) is 1. The van der Waals surface area contributed by atoms with Crippen LogP contribution in [0.5, 0.6) is 5.75 Å². The first-order valence-electron chi connectivity index (χ1n) is 7.87. The van der Waals surface area contributed by atoms with Crippen LogP contribution in [0.2, 0.25) is 0 Å². The standard InChI is InChI=1S/C19H18F3NO3/c1-12(23-13(2)24)14-6-8-15(9-7-14)18(25)11-26-17-5-3-4-16(10-17)19(20,21)22/h3-10,12H,11H2,1-2H3,(H,23,24)/t12-/m1/s1. The molecular weight excluding hydrogens is 347 g/mol. The smallest absolute Gasteiger partial charge is 0.416 e. The molecule has 0 unspecified atom stereocenters. The molecule has 1 atom stereocenters. The van der Waals surface area contributed by atoms with Crippen molar-refractivity contribution >= 4 is 11.7 Å². The number of Topliss-reactive ketones (excluding diaryl/α,β-unsaturated/α-hetero) is 1. The molecule has 0 saturated carbocycles. The summed E-state index contributed by atoms with van der Waals surface area (Å²) >= 11 is 0. The minimum Gasteiger partial charge on any atom is -0.485 e. The predicted molar refractivity (Wildman–Crippen MR) is 89.9 cm³/mol. The van der Waals surface area contributed by atoms with Crippen molar-refractivity contribution in [3.63, 3.8) is 0 Å². The van der Waals surface area contributed by atoms with Crippen LogP contribution in [0.15, 0.2) is 48.5 Å². The van der Waals surface area contributed by atoms with E-state index in [1.807, 2.05) is 6.92 Å². The molecule has 138 valence electrons. The van der Waals surface area contributed by atoms with Gasteiger partial charge in [0.2, 0.25) is 5.91 Å². The molecule has 0 spiro atoms. The number of hydrogen-bond acceptors (Lipinski definition) is 3. The summed E-state index contributed by atoms with van der Waals surface area (Å²) in [5.74, 6) is -0.544. The number of hydrogen-bond donors (Lipinski definition) is 1. The summed E-state index contributed by atoms with van der Waals surface area (Å²) in [6.07, 6.45) is -4.47. The fraction of sp³-hybridized carbons (Fsp3) is 0.263. The van der Waals surface area contributed by atoms with Crippen LogP contribution in [0.4, 0.5) is 13.2 Å². The number of amides is 1. The van der Waals surface area contributed by atoms with Gasteiger partial charge in [-0.25, -0.2) is 0 Å². The van der Waals surface area contributed by atoms with Gasteiger partial charge in [-0.05, 0) is 30.7 Å². The molecule has 4 nitrogen and oxygen atoms in total. The van der Waals surface area contributed by atoms with Gasteiger partial charge < -0.3 is 10.1 Å². The average Bonchev–Trinajstić information content (AvgIpc) is 2.58. The molecule has 26 heavy (non-hydrogen) atoms. The third kappa shape index (κ3) is 5.34. The molecule has 0 radical (unpaired) electrons. The predicted octanol–water partition coefficient (Wildman–Crippen LogP) is 4.16. The van der Waals surface area contributed by atoms with Gasteiger partial charge in [0.15, 0.2) is 12.4 Å². The van der Waals surface area contributed by atoms with Crippen molar-refractivity contribution in [3.8, 4) is 5.75 Å². The molecule has 0 aliphatic rings. The summed E-state index contributed by atoms with van der Waals surface area (Å²) in [4.78, 5) is 23.2. The minimum absolute atomic E-state index is 0.0240. The van der Waals surface area contributed by atoms with Crippen molar-refractivity contribution in [3.05, 3.63) is 65.2 Å². The zero-order chi connectivity index (χ0) is 19.3. The lowest BCUT2D eigenvalue weighted by Crippen LogP contribution is -2.23. The molecule has 2 aromatic rings. The highest BCUT2D eigenvalue weighted by Gasteiger charge is 2.30. The second-order valence-electron chi connectivity index (χ2n) is 5.78. The molecule has 1 N–H and O–H groups in total. The van der Waals surface area contributed by atoms with E-state index >= 15 is 0 Å². The SMILES string of the molecule is CC(=O)N[C@H](C)c1ccc(C(=O)COc2cccc(C(F)(F)F)c2)cc1. The Balaban J connectivity index is 1.99. The maximum Gasteiger partial charge on any atom is 0.416 e. The fourth-order valence-corrected chi connectivity index (χ4v) is 2.34. The zero-order valence-electron chi connectivity index (χ0n) is 14.3. The Labute approximate surface area is 149 Å². The van der Waals surface area contributed by atoms with E-state index in [0.717, 1.165) is 17.7 Å². The van der Waals surface area contributed by atoms with Crippen LogP contribution in [0.3, 0.4) is 0 Å². The van der Waals surface area contributed by atoms with Crippen LogP contribution in [0.25, 0.3) is 0 Å². The van der Waals surface area contributed by atoms with Gasteiger partial charge in [-0.3, -0.25) is 9.59 Å². The molecule has 0 saturated heterocycles. The van der Waals surface area contributed by atoms with Gasteiger partial charge in [-0.1, -0.05) is 30.3 Å². The average molecular weight is 365 g/mol. The normalized spacial score (nSPS) is 12.3. The van der Waals surface area contributed by atoms with E-state index in [1.54, 1.807) is 24.3 Å². The number of carbonyl (C=O) groups is 2. The first kappa shape index (κ1) is 19.5. The van der Waals surface area contributed by atoms with Crippen molar-refractivity contribution in [2.75, 3.05) is 6.61 Å². The Bertz CT molecular complexity index is 785. The molecule has 0 aromatic heterocycles. The Morgan fingerprint density at radius 3 is 2.35 bits per heavy atom. The van der Waals surface area contributed by atoms with Crippen LogP contribution in [0.1, 0.15) is 41.4 Å². The first-order chi connectivity index (χ1) is 12.2. The topological polar surface area (TPSA) is 55.4 Å².